The minimum absolute atomic E-state index is 0.311. The molecular formula is C10H17ClF2. The van der Waals surface area contributed by atoms with Gasteiger partial charge in [0, 0.05) is 5.88 Å². The van der Waals surface area contributed by atoms with Crippen LogP contribution in [0.4, 0.5) is 8.78 Å². The molecule has 0 N–H and O–H groups in total. The summed E-state index contributed by atoms with van der Waals surface area (Å²) in [5.41, 5.74) is 0.311. The standard InChI is InChI=1S/C10H17ClF2/c1-2-9(10(12)13)7-5-3-4-6-8-11/h2-8H2,1H3. The van der Waals surface area contributed by atoms with E-state index < -0.39 is 6.08 Å². The molecule has 0 amide bonds. The van der Waals surface area contributed by atoms with Crippen molar-refractivity contribution in [1.29, 1.82) is 0 Å². The first-order chi connectivity index (χ1) is 6.22. The van der Waals surface area contributed by atoms with Crippen molar-refractivity contribution in [3.8, 4) is 0 Å². The van der Waals surface area contributed by atoms with Crippen molar-refractivity contribution in [2.45, 2.75) is 45.4 Å². The van der Waals surface area contributed by atoms with Crippen LogP contribution in [0, 0.1) is 0 Å². The highest BCUT2D eigenvalue weighted by Crippen LogP contribution is 2.18. The van der Waals surface area contributed by atoms with Gasteiger partial charge in [-0.1, -0.05) is 19.8 Å². The highest BCUT2D eigenvalue weighted by Gasteiger charge is 2.02. The van der Waals surface area contributed by atoms with Gasteiger partial charge in [0.15, 0.2) is 0 Å². The van der Waals surface area contributed by atoms with Crippen LogP contribution in [0.2, 0.25) is 0 Å². The monoisotopic (exact) mass is 210 g/mol. The van der Waals surface area contributed by atoms with Crippen LogP contribution >= 0.6 is 11.6 Å². The lowest BCUT2D eigenvalue weighted by molar-refractivity contribution is 0.402. The van der Waals surface area contributed by atoms with Crippen LogP contribution < -0.4 is 0 Å². The molecule has 0 aromatic heterocycles. The molecule has 0 rings (SSSR count). The molecule has 0 heterocycles. The first kappa shape index (κ1) is 12.9. The van der Waals surface area contributed by atoms with Gasteiger partial charge in [-0.2, -0.15) is 8.78 Å². The van der Waals surface area contributed by atoms with Crippen LogP contribution in [0.15, 0.2) is 11.7 Å². The minimum atomic E-state index is -1.49. The van der Waals surface area contributed by atoms with Crippen molar-refractivity contribution in [3.63, 3.8) is 0 Å². The summed E-state index contributed by atoms with van der Waals surface area (Å²) in [4.78, 5) is 0. The number of allylic oxidation sites excluding steroid dienone is 1. The molecule has 0 fully saturated rings. The molecule has 0 radical (unpaired) electrons. The highest BCUT2D eigenvalue weighted by atomic mass is 35.5. The molecule has 0 aliphatic heterocycles. The van der Waals surface area contributed by atoms with Gasteiger partial charge in [0.25, 0.3) is 6.08 Å². The summed E-state index contributed by atoms with van der Waals surface area (Å²) in [7, 11) is 0. The summed E-state index contributed by atoms with van der Waals surface area (Å²) < 4.78 is 24.3. The van der Waals surface area contributed by atoms with Crippen molar-refractivity contribution in [2.75, 3.05) is 5.88 Å². The van der Waals surface area contributed by atoms with Crippen LogP contribution in [0.1, 0.15) is 45.4 Å². The zero-order valence-electron chi connectivity index (χ0n) is 8.08. The van der Waals surface area contributed by atoms with Crippen molar-refractivity contribution in [3.05, 3.63) is 11.7 Å². The van der Waals surface area contributed by atoms with E-state index in [0.29, 0.717) is 24.3 Å². The van der Waals surface area contributed by atoms with E-state index in [1.165, 1.54) is 0 Å². The second kappa shape index (κ2) is 8.49. The van der Waals surface area contributed by atoms with Gasteiger partial charge in [0.1, 0.15) is 0 Å². The van der Waals surface area contributed by atoms with Gasteiger partial charge >= 0.3 is 0 Å². The van der Waals surface area contributed by atoms with Gasteiger partial charge in [0.2, 0.25) is 0 Å². The fourth-order valence-electron chi connectivity index (χ4n) is 1.19. The van der Waals surface area contributed by atoms with Gasteiger partial charge in [-0.15, -0.1) is 11.6 Å². The fourth-order valence-corrected chi connectivity index (χ4v) is 1.38. The molecule has 0 saturated carbocycles. The predicted octanol–water partition coefficient (Wildman–Crippen LogP) is 4.74. The Morgan fingerprint density at radius 1 is 1.08 bits per heavy atom. The Labute approximate surface area is 84.0 Å². The van der Waals surface area contributed by atoms with E-state index in [0.717, 1.165) is 25.7 Å². The Kier molecular flexibility index (Phi) is 8.41. The molecule has 0 aliphatic rings. The number of rotatable bonds is 7. The summed E-state index contributed by atoms with van der Waals surface area (Å²) in [5, 5.41) is 0. The minimum Gasteiger partial charge on any atom is -0.173 e. The molecule has 0 spiro atoms. The predicted molar refractivity (Wildman–Crippen MR) is 53.3 cm³/mol. The lowest BCUT2D eigenvalue weighted by atomic mass is 10.1. The molecule has 0 aromatic rings. The maximum Gasteiger partial charge on any atom is 0.269 e. The topological polar surface area (TPSA) is 0 Å². The van der Waals surface area contributed by atoms with Crippen molar-refractivity contribution in [1.82, 2.24) is 0 Å². The number of hydrogen-bond acceptors (Lipinski definition) is 0. The average Bonchev–Trinajstić information content (AvgIpc) is 2.10. The maximum atomic E-state index is 12.1. The van der Waals surface area contributed by atoms with E-state index >= 15 is 0 Å². The zero-order valence-corrected chi connectivity index (χ0v) is 8.84. The SMILES string of the molecule is CCC(CCCCCCCl)=C(F)F. The fraction of sp³-hybridized carbons (Fsp3) is 0.800. The van der Waals surface area contributed by atoms with E-state index in [2.05, 4.69) is 0 Å². The summed E-state index contributed by atoms with van der Waals surface area (Å²) in [6.45, 7) is 1.77. The Bertz CT molecular complexity index is 151. The molecule has 0 aromatic carbocycles. The average molecular weight is 211 g/mol. The molecule has 0 atom stereocenters. The van der Waals surface area contributed by atoms with Crippen LogP contribution in [0.25, 0.3) is 0 Å². The zero-order chi connectivity index (χ0) is 10.1. The third-order valence-corrected chi connectivity index (χ3v) is 2.32. The molecule has 3 heteroatoms. The van der Waals surface area contributed by atoms with Crippen LogP contribution in [0.3, 0.4) is 0 Å². The number of hydrogen-bond donors (Lipinski definition) is 0. The van der Waals surface area contributed by atoms with Crippen molar-refractivity contribution >= 4 is 11.6 Å². The van der Waals surface area contributed by atoms with E-state index in [-0.39, 0.29) is 0 Å². The quantitative estimate of drug-likeness (QED) is 0.421. The molecule has 0 bridgehead atoms. The van der Waals surface area contributed by atoms with E-state index in [1.807, 2.05) is 0 Å². The Morgan fingerprint density at radius 3 is 2.15 bits per heavy atom. The maximum absolute atomic E-state index is 12.1. The van der Waals surface area contributed by atoms with E-state index in [4.69, 9.17) is 11.6 Å². The normalized spacial score (nSPS) is 10.2. The van der Waals surface area contributed by atoms with E-state index in [1.54, 1.807) is 6.92 Å². The second-order valence-corrected chi connectivity index (χ2v) is 3.45. The lowest BCUT2D eigenvalue weighted by Gasteiger charge is -2.02. The van der Waals surface area contributed by atoms with Crippen LogP contribution in [-0.2, 0) is 0 Å². The molecular weight excluding hydrogens is 194 g/mol. The lowest BCUT2D eigenvalue weighted by Crippen LogP contribution is -1.85. The third kappa shape index (κ3) is 7.00. The summed E-state index contributed by atoms with van der Waals surface area (Å²) in [6, 6.07) is 0. The third-order valence-electron chi connectivity index (χ3n) is 2.06. The number of unbranched alkanes of at least 4 members (excludes halogenated alkanes) is 3. The molecule has 0 saturated heterocycles. The Morgan fingerprint density at radius 2 is 1.69 bits per heavy atom. The van der Waals surface area contributed by atoms with Crippen LogP contribution in [-0.4, -0.2) is 5.88 Å². The number of halogens is 3. The molecule has 13 heavy (non-hydrogen) atoms. The van der Waals surface area contributed by atoms with E-state index in [9.17, 15) is 8.78 Å². The van der Waals surface area contributed by atoms with Crippen molar-refractivity contribution in [2.24, 2.45) is 0 Å². The van der Waals surface area contributed by atoms with Gasteiger partial charge in [-0.3, -0.25) is 0 Å². The molecule has 0 aliphatic carbocycles. The molecule has 78 valence electrons. The van der Waals surface area contributed by atoms with Gasteiger partial charge < -0.3 is 0 Å². The van der Waals surface area contributed by atoms with Crippen molar-refractivity contribution < 1.29 is 8.78 Å². The Hall–Kier alpha value is -0.110. The molecule has 0 nitrogen and oxygen atoms in total. The van der Waals surface area contributed by atoms with Gasteiger partial charge in [-0.25, -0.2) is 0 Å². The van der Waals surface area contributed by atoms with Crippen LogP contribution in [0.5, 0.6) is 0 Å². The summed E-state index contributed by atoms with van der Waals surface area (Å²) >= 11 is 5.49. The first-order valence-electron chi connectivity index (χ1n) is 4.81. The first-order valence-corrected chi connectivity index (χ1v) is 5.34. The second-order valence-electron chi connectivity index (χ2n) is 3.07. The number of alkyl halides is 1. The largest absolute Gasteiger partial charge is 0.269 e. The highest BCUT2D eigenvalue weighted by molar-refractivity contribution is 6.17. The van der Waals surface area contributed by atoms with Gasteiger partial charge in [-0.05, 0) is 31.3 Å². The smallest absolute Gasteiger partial charge is 0.173 e. The Balaban J connectivity index is 3.46. The van der Waals surface area contributed by atoms with Gasteiger partial charge in [0.05, 0.1) is 0 Å². The summed E-state index contributed by atoms with van der Waals surface area (Å²) in [6.07, 6.45) is 3.43. The summed E-state index contributed by atoms with van der Waals surface area (Å²) in [5.74, 6) is 0.675. The molecule has 0 unspecified atom stereocenters.